The molecular weight excluding hydrogens is 1190 g/mol. The van der Waals surface area contributed by atoms with E-state index in [4.69, 9.17) is 33.7 Å². The molecule has 0 radical (unpaired) electrons. The fraction of sp³-hybridized carbons (Fsp3) is 0.556. The number of hydrogen-bond donors (Lipinski definition) is 6. The predicted molar refractivity (Wildman–Crippen MR) is 323 cm³/mol. The van der Waals surface area contributed by atoms with E-state index >= 15 is 9.59 Å². The zero-order valence-corrected chi connectivity index (χ0v) is 53.3. The van der Waals surface area contributed by atoms with E-state index in [2.05, 4.69) is 20.7 Å². The number of ketones is 3. The van der Waals surface area contributed by atoms with Crippen molar-refractivity contribution in [3.63, 3.8) is 0 Å². The van der Waals surface area contributed by atoms with Gasteiger partial charge in [-0.1, -0.05) is 92.1 Å². The van der Waals surface area contributed by atoms with E-state index in [1.165, 1.54) is 64.5 Å². The molecule has 27 heteroatoms. The number of carboxylic acid groups (broad SMARTS) is 1. The number of Topliss-reactive ketones (excluding diaryl/α,β-unsaturated/α-hetero) is 3. The Morgan fingerprint density at radius 1 is 0.933 bits per heavy atom. The van der Waals surface area contributed by atoms with Crippen LogP contribution in [0.5, 0.6) is 0 Å². The number of allylic oxidation sites excluding steroid dienone is 1. The molecule has 0 spiro atoms. The van der Waals surface area contributed by atoms with Crippen molar-refractivity contribution in [2.75, 3.05) is 54.1 Å². The normalized spacial score (nSPS) is 26.8. The van der Waals surface area contributed by atoms with Gasteiger partial charge in [0.2, 0.25) is 0 Å². The van der Waals surface area contributed by atoms with Crippen molar-refractivity contribution in [3.8, 4) is 0 Å². The number of esters is 1. The Hall–Kier alpha value is -7.38. The number of nitrogens with zero attached hydrogens (tertiary/aromatic N) is 5. The second-order valence-corrected chi connectivity index (χ2v) is 27.3. The van der Waals surface area contributed by atoms with Crippen molar-refractivity contribution in [1.82, 2.24) is 20.2 Å². The zero-order valence-electron chi connectivity index (χ0n) is 52.4. The number of nitrogens with one attached hydrogen (secondary N) is 2. The number of methoxy groups -OCH3 is 1. The van der Waals surface area contributed by atoms with E-state index in [-0.39, 0.29) is 61.3 Å². The SMILES string of the molecule is CO[C@H]1C(=O)[C@]2(C)[C@@H](CO)C[C@H]3OC[C@@]3(C(C)=O)[C@H]2[C@H](OC(=O)c2ccccc2)[C@]2(O)CC(CC(=O)C(OC(=O)N(C)CCN(C)P(=O)(O)OCC[C@H](NC(=O)c3ccc(CN=[N+]=[N-])cc3)C(=O)O)[C@@H](NC(=O)OC(C)(C)C)c3ccccc3)C(C)=C1C2(C)C. The van der Waals surface area contributed by atoms with Gasteiger partial charge in [-0.05, 0) is 113 Å². The van der Waals surface area contributed by atoms with Crippen LogP contribution in [0.4, 0.5) is 9.59 Å². The lowest BCUT2D eigenvalue weighted by Gasteiger charge is -2.68. The van der Waals surface area contributed by atoms with Gasteiger partial charge in [-0.25, -0.2) is 28.4 Å². The highest BCUT2D eigenvalue weighted by molar-refractivity contribution is 7.50. The lowest BCUT2D eigenvalue weighted by Crippen LogP contribution is -2.78. The number of alkyl carbamates (subject to hydrolysis) is 1. The molecule has 3 aromatic rings. The van der Waals surface area contributed by atoms with Crippen molar-refractivity contribution in [3.05, 3.63) is 129 Å². The number of aliphatic hydroxyl groups is 2. The van der Waals surface area contributed by atoms with Crippen LogP contribution in [-0.4, -0.2) is 173 Å². The third-order valence-electron chi connectivity index (χ3n) is 18.6. The molecule has 2 saturated carbocycles. The molecule has 2 bridgehead atoms. The van der Waals surface area contributed by atoms with Gasteiger partial charge in [0, 0.05) is 73.9 Å². The molecular formula is C63H82N7O19P. The van der Waals surface area contributed by atoms with E-state index in [0.717, 1.165) is 9.57 Å². The average molecular weight is 1270 g/mol. The maximum Gasteiger partial charge on any atom is 0.410 e. The molecule has 0 aromatic heterocycles. The number of hydrogen-bond acceptors (Lipinski definition) is 18. The van der Waals surface area contributed by atoms with Gasteiger partial charge in [0.25, 0.3) is 5.91 Å². The lowest BCUT2D eigenvalue weighted by molar-refractivity contribution is -0.302. The zero-order chi connectivity index (χ0) is 66.5. The van der Waals surface area contributed by atoms with Gasteiger partial charge >= 0.3 is 31.9 Å². The van der Waals surface area contributed by atoms with Gasteiger partial charge in [0.15, 0.2) is 17.7 Å². The molecule has 1 saturated heterocycles. The lowest BCUT2D eigenvalue weighted by atomic mass is 9.39. The summed E-state index contributed by atoms with van der Waals surface area (Å²) in [5, 5.41) is 43.8. The molecule has 1 heterocycles. The molecule has 3 aliphatic carbocycles. The second kappa shape index (κ2) is 28.0. The number of ether oxygens (including phenoxy) is 5. The fourth-order valence-electron chi connectivity index (χ4n) is 13.4. The monoisotopic (exact) mass is 1270 g/mol. The van der Waals surface area contributed by atoms with Gasteiger partial charge in [0.1, 0.15) is 41.3 Å². The Bertz CT molecular complexity index is 3320. The molecule has 6 N–H and O–H groups in total. The number of aliphatic hydroxyl groups excluding tert-OH is 1. The minimum atomic E-state index is -4.74. The average Bonchev–Trinajstić information content (AvgIpc) is 0.668. The first-order valence-corrected chi connectivity index (χ1v) is 31.1. The summed E-state index contributed by atoms with van der Waals surface area (Å²) in [6, 6.07) is 18.9. The highest BCUT2D eigenvalue weighted by Gasteiger charge is 2.77. The van der Waals surface area contributed by atoms with Crippen LogP contribution in [0.1, 0.15) is 119 Å². The van der Waals surface area contributed by atoms with Crippen LogP contribution in [-0.2, 0) is 58.5 Å². The molecule has 4 aliphatic rings. The van der Waals surface area contributed by atoms with Crippen LogP contribution in [0.15, 0.2) is 101 Å². The number of aliphatic carboxylic acids is 1. The number of carboxylic acids is 1. The molecule has 3 fully saturated rings. The summed E-state index contributed by atoms with van der Waals surface area (Å²) in [5.41, 5.74) is 2.17. The summed E-state index contributed by atoms with van der Waals surface area (Å²) in [6.07, 6.45) is -9.42. The van der Waals surface area contributed by atoms with Crippen LogP contribution in [0.2, 0.25) is 0 Å². The van der Waals surface area contributed by atoms with Crippen LogP contribution >= 0.6 is 7.75 Å². The summed E-state index contributed by atoms with van der Waals surface area (Å²) < 4.78 is 50.4. The number of rotatable bonds is 25. The standard InChI is InChI=1S/C63H82N7O19P/c1-36-42(32-63(81)53(88-56(78)41-20-16-13-17-21-41)51-61(8,52(74)50(84-11)47(36)60(63,6)7)43(34-71)31-46-62(51,35-85-46)37(2)72)30-45(73)49(48(39-18-14-12-15-19-39)67-57(79)89-59(3,4)5)87-58(80)69(9)27-28-70(10)90(82,83)86-29-26-44(55(76)77)66-54(75)40-24-22-38(23-25-40)33-65-68-64/h12-25,42-44,46,48-51,53,71,81H,26-35H2,1-11H3,(H,66,75)(H,67,79)(H,76,77)(H,82,83)/t42?,43-,44+,46-,48+,49?,50-,51+,53+,61-,62+,63-/m1/s1. The number of carbonyl (C=O) groups excluding carboxylic acids is 7. The number of amides is 3. The molecule has 3 amide bonds. The van der Waals surface area contributed by atoms with E-state index in [1.807, 2.05) is 0 Å². The highest BCUT2D eigenvalue weighted by Crippen LogP contribution is 2.68. The van der Waals surface area contributed by atoms with Crippen molar-refractivity contribution in [2.24, 2.45) is 39.1 Å². The first-order chi connectivity index (χ1) is 42.2. The molecule has 3 unspecified atom stereocenters. The van der Waals surface area contributed by atoms with E-state index in [1.54, 1.807) is 97.0 Å². The molecule has 26 nitrogen and oxygen atoms in total. The summed E-state index contributed by atoms with van der Waals surface area (Å²) in [4.78, 5) is 129. The van der Waals surface area contributed by atoms with Crippen molar-refractivity contribution >= 4 is 55.1 Å². The van der Waals surface area contributed by atoms with Crippen molar-refractivity contribution < 1.29 is 91.3 Å². The van der Waals surface area contributed by atoms with Gasteiger partial charge in [-0.3, -0.25) is 23.7 Å². The third-order valence-corrected chi connectivity index (χ3v) is 20.2. The van der Waals surface area contributed by atoms with Crippen molar-refractivity contribution in [1.29, 1.82) is 0 Å². The first kappa shape index (κ1) is 70.1. The Morgan fingerprint density at radius 3 is 2.12 bits per heavy atom. The summed E-state index contributed by atoms with van der Waals surface area (Å²) in [7, 11) is -0.942. The van der Waals surface area contributed by atoms with E-state index in [0.29, 0.717) is 11.1 Å². The minimum absolute atomic E-state index is 0.0315. The molecule has 1 aliphatic heterocycles. The maximum atomic E-state index is 15.9. The number of likely N-dealkylation sites (N-methyl/N-ethyl adjacent to an activating group) is 2. The van der Waals surface area contributed by atoms with Crippen LogP contribution in [0.3, 0.4) is 0 Å². The van der Waals surface area contributed by atoms with Crippen molar-refractivity contribution in [2.45, 2.75) is 135 Å². The van der Waals surface area contributed by atoms with Gasteiger partial charge in [-0.2, -0.15) is 0 Å². The van der Waals surface area contributed by atoms with Gasteiger partial charge in [0.05, 0.1) is 36.8 Å². The Balaban J connectivity index is 1.21. The third kappa shape index (κ3) is 14.2. The number of fused-ring (bicyclic) bond motifs is 5. The van der Waals surface area contributed by atoms with E-state index < -0.39 is 163 Å². The molecule has 13 atom stereocenters. The van der Waals surface area contributed by atoms with Crippen LogP contribution < -0.4 is 10.6 Å². The molecule has 488 valence electrons. The van der Waals surface area contributed by atoms with Gasteiger partial charge < -0.3 is 59.4 Å². The molecule has 90 heavy (non-hydrogen) atoms. The summed E-state index contributed by atoms with van der Waals surface area (Å²) in [5.74, 6) is -8.22. The minimum Gasteiger partial charge on any atom is -0.480 e. The quantitative estimate of drug-likeness (QED) is 0.00920. The Labute approximate surface area is 522 Å². The maximum absolute atomic E-state index is 15.9. The fourth-order valence-corrected chi connectivity index (χ4v) is 14.3. The smallest absolute Gasteiger partial charge is 0.410 e. The molecule has 7 rings (SSSR count). The summed E-state index contributed by atoms with van der Waals surface area (Å²) >= 11 is 0. The number of azide groups is 1. The Morgan fingerprint density at radius 2 is 1.57 bits per heavy atom. The predicted octanol–water partition coefficient (Wildman–Crippen LogP) is 7.31. The topological polar surface area (TPSA) is 369 Å². The number of carbonyl (C=O) groups is 8. The van der Waals surface area contributed by atoms with Gasteiger partial charge in [-0.15, -0.1) is 0 Å². The van der Waals surface area contributed by atoms with Crippen LogP contribution in [0.25, 0.3) is 10.4 Å². The number of benzene rings is 3. The van der Waals surface area contributed by atoms with Crippen LogP contribution in [0, 0.1) is 34.0 Å². The largest absolute Gasteiger partial charge is 0.480 e. The van der Waals surface area contributed by atoms with E-state index in [9.17, 15) is 53.5 Å². The Kier molecular flexibility index (Phi) is 21.8. The molecule has 3 aromatic carbocycles. The second-order valence-electron chi connectivity index (χ2n) is 25.4. The highest BCUT2D eigenvalue weighted by atomic mass is 31.2. The first-order valence-electron chi connectivity index (χ1n) is 29.5. The summed E-state index contributed by atoms with van der Waals surface area (Å²) in [6.45, 7) is 10.8.